The van der Waals surface area contributed by atoms with Crippen LogP contribution in [0.5, 0.6) is 0 Å². The van der Waals surface area contributed by atoms with Crippen LogP contribution in [0.1, 0.15) is 52.1 Å². The molecular weight excluding hydrogens is 232 g/mol. The molecule has 0 amide bonds. The Hall–Kier alpha value is -1.02. The molecular formula is C17H28N2. The van der Waals surface area contributed by atoms with Gasteiger partial charge in [-0.1, -0.05) is 39.0 Å². The number of rotatable bonds is 4. The first-order valence-corrected chi connectivity index (χ1v) is 7.61. The molecule has 1 saturated heterocycles. The summed E-state index contributed by atoms with van der Waals surface area (Å²) < 4.78 is 0. The Morgan fingerprint density at radius 2 is 1.84 bits per heavy atom. The van der Waals surface area contributed by atoms with Gasteiger partial charge in [0.1, 0.15) is 0 Å². The number of nitrogens with one attached hydrogen (secondary N) is 1. The molecule has 2 rings (SSSR count). The van der Waals surface area contributed by atoms with Crippen LogP contribution in [-0.4, -0.2) is 19.6 Å². The highest BCUT2D eigenvalue weighted by molar-refractivity contribution is 5.55. The second-order valence-electron chi connectivity index (χ2n) is 6.49. The van der Waals surface area contributed by atoms with Gasteiger partial charge in [-0.3, -0.25) is 0 Å². The summed E-state index contributed by atoms with van der Waals surface area (Å²) >= 11 is 0. The third-order valence-corrected chi connectivity index (χ3v) is 4.37. The average molecular weight is 260 g/mol. The van der Waals surface area contributed by atoms with Crippen LogP contribution in [0.4, 0.5) is 5.69 Å². The third-order valence-electron chi connectivity index (χ3n) is 4.37. The van der Waals surface area contributed by atoms with Gasteiger partial charge < -0.3 is 10.2 Å². The summed E-state index contributed by atoms with van der Waals surface area (Å²) in [6.45, 7) is 12.6. The van der Waals surface area contributed by atoms with Crippen molar-refractivity contribution in [3.63, 3.8) is 0 Å². The van der Waals surface area contributed by atoms with Crippen LogP contribution in [-0.2, 0) is 0 Å². The number of piperidine rings is 1. The first kappa shape index (κ1) is 14.4. The summed E-state index contributed by atoms with van der Waals surface area (Å²) in [6.07, 6.45) is 2.58. The largest absolute Gasteiger partial charge is 0.371 e. The Morgan fingerprint density at radius 1 is 1.21 bits per heavy atom. The summed E-state index contributed by atoms with van der Waals surface area (Å²) in [7, 11) is 0. The number of nitrogens with zero attached hydrogens (tertiary/aromatic N) is 1. The van der Waals surface area contributed by atoms with E-state index in [1.54, 1.807) is 0 Å². The Bertz CT molecular complexity index is 401. The van der Waals surface area contributed by atoms with Crippen molar-refractivity contribution in [2.75, 3.05) is 24.5 Å². The molecule has 1 N–H and O–H groups in total. The lowest BCUT2D eigenvalue weighted by atomic mass is 9.82. The predicted molar refractivity (Wildman–Crippen MR) is 83.8 cm³/mol. The normalized spacial score (nSPS) is 20.3. The lowest BCUT2D eigenvalue weighted by Gasteiger charge is -2.39. The van der Waals surface area contributed by atoms with Crippen molar-refractivity contribution in [3.8, 4) is 0 Å². The third kappa shape index (κ3) is 3.50. The van der Waals surface area contributed by atoms with Gasteiger partial charge in [0.2, 0.25) is 0 Å². The van der Waals surface area contributed by atoms with Crippen LogP contribution in [0.2, 0.25) is 0 Å². The maximum absolute atomic E-state index is 3.53. The summed E-state index contributed by atoms with van der Waals surface area (Å²) in [6, 6.07) is 9.29. The molecule has 1 heterocycles. The summed E-state index contributed by atoms with van der Waals surface area (Å²) in [5, 5.41) is 3.53. The van der Waals surface area contributed by atoms with E-state index in [1.165, 1.54) is 37.2 Å². The molecule has 19 heavy (non-hydrogen) atoms. The van der Waals surface area contributed by atoms with Crippen molar-refractivity contribution in [2.45, 2.75) is 46.6 Å². The Kier molecular flexibility index (Phi) is 4.51. The van der Waals surface area contributed by atoms with Gasteiger partial charge in [-0.25, -0.2) is 0 Å². The van der Waals surface area contributed by atoms with Gasteiger partial charge in [0.15, 0.2) is 0 Å². The number of hydrogen-bond donors (Lipinski definition) is 1. The van der Waals surface area contributed by atoms with Crippen molar-refractivity contribution in [1.82, 2.24) is 5.32 Å². The van der Waals surface area contributed by atoms with Gasteiger partial charge in [0, 0.05) is 24.8 Å². The minimum Gasteiger partial charge on any atom is -0.371 e. The Morgan fingerprint density at radius 3 is 2.47 bits per heavy atom. The molecule has 0 saturated carbocycles. The standard InChI is InChI=1S/C17H28N2/c1-5-18-14(2)15-8-6-7-9-16(15)19-12-10-17(3,4)11-13-19/h6-9,14,18H,5,10-13H2,1-4H3. The lowest BCUT2D eigenvalue weighted by Crippen LogP contribution is -2.38. The molecule has 1 aliphatic heterocycles. The Balaban J connectivity index is 2.16. The highest BCUT2D eigenvalue weighted by Crippen LogP contribution is 2.34. The molecule has 1 aromatic rings. The molecule has 0 spiro atoms. The van der Waals surface area contributed by atoms with E-state index < -0.39 is 0 Å². The smallest absolute Gasteiger partial charge is 0.0414 e. The Labute approximate surface area is 118 Å². The highest BCUT2D eigenvalue weighted by atomic mass is 15.1. The van der Waals surface area contributed by atoms with Gasteiger partial charge in [-0.15, -0.1) is 0 Å². The highest BCUT2D eigenvalue weighted by Gasteiger charge is 2.26. The molecule has 0 aliphatic carbocycles. The zero-order valence-electron chi connectivity index (χ0n) is 12.9. The van der Waals surface area contributed by atoms with Crippen molar-refractivity contribution in [2.24, 2.45) is 5.41 Å². The van der Waals surface area contributed by atoms with Crippen LogP contribution in [0.3, 0.4) is 0 Å². The van der Waals surface area contributed by atoms with E-state index in [9.17, 15) is 0 Å². The average Bonchev–Trinajstić information content (AvgIpc) is 2.39. The van der Waals surface area contributed by atoms with Crippen LogP contribution < -0.4 is 10.2 Å². The predicted octanol–water partition coefficient (Wildman–Crippen LogP) is 3.98. The molecule has 1 aliphatic rings. The molecule has 1 atom stereocenters. The zero-order chi connectivity index (χ0) is 13.9. The molecule has 1 unspecified atom stereocenters. The zero-order valence-corrected chi connectivity index (χ0v) is 12.9. The molecule has 0 aromatic heterocycles. The molecule has 1 aromatic carbocycles. The molecule has 2 heteroatoms. The van der Waals surface area contributed by atoms with E-state index >= 15 is 0 Å². The van der Waals surface area contributed by atoms with E-state index in [4.69, 9.17) is 0 Å². The van der Waals surface area contributed by atoms with E-state index in [1.807, 2.05) is 0 Å². The maximum atomic E-state index is 3.53. The monoisotopic (exact) mass is 260 g/mol. The fraction of sp³-hybridized carbons (Fsp3) is 0.647. The van der Waals surface area contributed by atoms with Crippen LogP contribution in [0.15, 0.2) is 24.3 Å². The SMILES string of the molecule is CCNC(C)c1ccccc1N1CCC(C)(C)CC1. The second kappa shape index (κ2) is 5.96. The fourth-order valence-electron chi connectivity index (χ4n) is 2.91. The number of anilines is 1. The number of hydrogen-bond acceptors (Lipinski definition) is 2. The van der Waals surface area contributed by atoms with E-state index in [0.29, 0.717) is 11.5 Å². The van der Waals surface area contributed by atoms with Crippen LogP contribution >= 0.6 is 0 Å². The first-order valence-electron chi connectivity index (χ1n) is 7.61. The second-order valence-corrected chi connectivity index (χ2v) is 6.49. The van der Waals surface area contributed by atoms with Gasteiger partial charge in [-0.05, 0) is 43.4 Å². The summed E-state index contributed by atoms with van der Waals surface area (Å²) in [5.74, 6) is 0. The fourth-order valence-corrected chi connectivity index (χ4v) is 2.91. The van der Waals surface area contributed by atoms with E-state index in [-0.39, 0.29) is 0 Å². The lowest BCUT2D eigenvalue weighted by molar-refractivity contribution is 0.279. The van der Waals surface area contributed by atoms with E-state index in [0.717, 1.165) is 6.54 Å². The van der Waals surface area contributed by atoms with Gasteiger partial charge in [-0.2, -0.15) is 0 Å². The number of para-hydroxylation sites is 1. The molecule has 2 nitrogen and oxygen atoms in total. The maximum Gasteiger partial charge on any atom is 0.0414 e. The minimum atomic E-state index is 0.427. The van der Waals surface area contributed by atoms with Crippen LogP contribution in [0, 0.1) is 5.41 Å². The minimum absolute atomic E-state index is 0.427. The molecule has 0 radical (unpaired) electrons. The molecule has 0 bridgehead atoms. The van der Waals surface area contributed by atoms with E-state index in [2.05, 4.69) is 62.2 Å². The van der Waals surface area contributed by atoms with Gasteiger partial charge in [0.25, 0.3) is 0 Å². The van der Waals surface area contributed by atoms with Gasteiger partial charge in [0.05, 0.1) is 0 Å². The summed E-state index contributed by atoms with van der Waals surface area (Å²) in [4.78, 5) is 2.56. The van der Waals surface area contributed by atoms with Gasteiger partial charge >= 0.3 is 0 Å². The number of benzene rings is 1. The van der Waals surface area contributed by atoms with Crippen molar-refractivity contribution < 1.29 is 0 Å². The van der Waals surface area contributed by atoms with Crippen LogP contribution in [0.25, 0.3) is 0 Å². The summed E-state index contributed by atoms with van der Waals surface area (Å²) in [5.41, 5.74) is 3.37. The quantitative estimate of drug-likeness (QED) is 0.881. The van der Waals surface area contributed by atoms with Crippen molar-refractivity contribution in [3.05, 3.63) is 29.8 Å². The first-order chi connectivity index (χ1) is 9.03. The van der Waals surface area contributed by atoms with Crippen molar-refractivity contribution in [1.29, 1.82) is 0 Å². The molecule has 106 valence electrons. The topological polar surface area (TPSA) is 15.3 Å². The van der Waals surface area contributed by atoms with Crippen molar-refractivity contribution >= 4 is 5.69 Å². The molecule has 1 fully saturated rings.